The topological polar surface area (TPSA) is 134 Å². The second-order valence-corrected chi connectivity index (χ2v) is 7.63. The van der Waals surface area contributed by atoms with Gasteiger partial charge in [-0.05, 0) is 35.6 Å². The number of carboxylic acid groups (broad SMARTS) is 1. The van der Waals surface area contributed by atoms with Gasteiger partial charge >= 0.3 is 12.1 Å². The van der Waals surface area contributed by atoms with Crippen molar-refractivity contribution in [1.82, 2.24) is 16.0 Å². The second-order valence-electron chi connectivity index (χ2n) is 7.63. The van der Waals surface area contributed by atoms with Crippen LogP contribution in [-0.4, -0.2) is 54.7 Å². The molecule has 0 radical (unpaired) electrons. The fraction of sp³-hybridized carbons (Fsp3) is 0.333. The third-order valence-electron chi connectivity index (χ3n) is 5.40. The first kappa shape index (κ1) is 23.8. The Hall–Kier alpha value is -3.88. The Morgan fingerprint density at radius 1 is 0.939 bits per heavy atom. The normalized spacial score (nSPS) is 12.8. The molecule has 174 valence electrons. The maximum atomic E-state index is 12.2. The summed E-state index contributed by atoms with van der Waals surface area (Å²) in [5.74, 6) is -2.35. The molecule has 4 N–H and O–H groups in total. The molecule has 3 amide bonds. The first-order valence-corrected chi connectivity index (χ1v) is 10.8. The van der Waals surface area contributed by atoms with Crippen LogP contribution in [0.25, 0.3) is 11.1 Å². The van der Waals surface area contributed by atoms with E-state index in [9.17, 15) is 24.3 Å². The van der Waals surface area contributed by atoms with E-state index in [-0.39, 0.29) is 31.3 Å². The number of aliphatic carboxylic acids is 1. The Morgan fingerprint density at radius 3 is 2.12 bits per heavy atom. The number of rotatable bonds is 10. The molecule has 1 aliphatic rings. The number of carboxylic acids is 1. The van der Waals surface area contributed by atoms with Gasteiger partial charge in [-0.15, -0.1) is 0 Å². The molecule has 2 aromatic carbocycles. The molecule has 9 heteroatoms. The molecule has 9 nitrogen and oxygen atoms in total. The monoisotopic (exact) mass is 453 g/mol. The number of ether oxygens (including phenoxy) is 1. The SMILES string of the molecule is CCNC(=O)CCC(NC(=O)CNC(=O)OCC1c2ccccc2-c2ccccc21)C(=O)O. The summed E-state index contributed by atoms with van der Waals surface area (Å²) in [6.45, 7) is 1.85. The molecule has 0 aromatic heterocycles. The lowest BCUT2D eigenvalue weighted by molar-refractivity contribution is -0.142. The van der Waals surface area contributed by atoms with Crippen molar-refractivity contribution in [3.8, 4) is 11.1 Å². The Bertz CT molecular complexity index is 993. The van der Waals surface area contributed by atoms with E-state index in [1.54, 1.807) is 6.92 Å². The first-order chi connectivity index (χ1) is 15.9. The minimum absolute atomic E-state index is 0.0368. The first-order valence-electron chi connectivity index (χ1n) is 10.8. The standard InChI is InChI=1S/C24H27N3O6/c1-2-25-21(28)12-11-20(23(30)31)27-22(29)13-26-24(32)33-14-19-17-9-5-3-7-15(17)16-8-4-6-10-18(16)19/h3-10,19-20H,2,11-14H2,1H3,(H,25,28)(H,26,32)(H,27,29)(H,30,31). The molecule has 0 saturated carbocycles. The molecule has 33 heavy (non-hydrogen) atoms. The molecule has 3 rings (SSSR count). The van der Waals surface area contributed by atoms with Crippen LogP contribution in [0.3, 0.4) is 0 Å². The predicted molar refractivity (Wildman–Crippen MR) is 121 cm³/mol. The lowest BCUT2D eigenvalue weighted by Crippen LogP contribution is -2.46. The quantitative estimate of drug-likeness (QED) is 0.435. The van der Waals surface area contributed by atoms with Crippen LogP contribution in [-0.2, 0) is 19.1 Å². The van der Waals surface area contributed by atoms with Crippen molar-refractivity contribution >= 4 is 23.9 Å². The van der Waals surface area contributed by atoms with Crippen molar-refractivity contribution in [2.24, 2.45) is 0 Å². The molecule has 0 heterocycles. The highest BCUT2D eigenvalue weighted by Gasteiger charge is 2.29. The van der Waals surface area contributed by atoms with Gasteiger partial charge in [-0.1, -0.05) is 48.5 Å². The van der Waals surface area contributed by atoms with E-state index in [1.807, 2.05) is 48.5 Å². The van der Waals surface area contributed by atoms with Crippen molar-refractivity contribution in [1.29, 1.82) is 0 Å². The number of hydrogen-bond donors (Lipinski definition) is 4. The number of carbonyl (C=O) groups is 4. The average Bonchev–Trinajstić information content (AvgIpc) is 3.13. The fourth-order valence-corrected chi connectivity index (χ4v) is 3.87. The molecular formula is C24H27N3O6. The average molecular weight is 453 g/mol. The summed E-state index contributed by atoms with van der Waals surface area (Å²) in [4.78, 5) is 47.1. The van der Waals surface area contributed by atoms with Crippen LogP contribution < -0.4 is 16.0 Å². The number of carbonyl (C=O) groups excluding carboxylic acids is 3. The van der Waals surface area contributed by atoms with Gasteiger partial charge in [0, 0.05) is 18.9 Å². The summed E-state index contributed by atoms with van der Waals surface area (Å²) in [5.41, 5.74) is 4.35. The highest BCUT2D eigenvalue weighted by atomic mass is 16.5. The van der Waals surface area contributed by atoms with Gasteiger partial charge in [0.1, 0.15) is 19.2 Å². The van der Waals surface area contributed by atoms with E-state index >= 15 is 0 Å². The summed E-state index contributed by atoms with van der Waals surface area (Å²) >= 11 is 0. The lowest BCUT2D eigenvalue weighted by atomic mass is 9.98. The van der Waals surface area contributed by atoms with E-state index in [0.717, 1.165) is 22.3 Å². The highest BCUT2D eigenvalue weighted by Crippen LogP contribution is 2.44. The Morgan fingerprint density at radius 2 is 1.55 bits per heavy atom. The van der Waals surface area contributed by atoms with E-state index in [1.165, 1.54) is 0 Å². The molecule has 0 aliphatic heterocycles. The zero-order valence-corrected chi connectivity index (χ0v) is 18.3. The van der Waals surface area contributed by atoms with Gasteiger partial charge in [-0.2, -0.15) is 0 Å². The zero-order chi connectivity index (χ0) is 23.8. The molecule has 0 fully saturated rings. The molecular weight excluding hydrogens is 426 g/mol. The molecule has 1 unspecified atom stereocenters. The Balaban J connectivity index is 1.48. The number of alkyl carbamates (subject to hydrolysis) is 1. The van der Waals surface area contributed by atoms with Gasteiger partial charge in [-0.3, -0.25) is 9.59 Å². The second kappa shape index (κ2) is 11.1. The van der Waals surface area contributed by atoms with Gasteiger partial charge < -0.3 is 25.8 Å². The van der Waals surface area contributed by atoms with Crippen LogP contribution in [0.2, 0.25) is 0 Å². The fourth-order valence-electron chi connectivity index (χ4n) is 3.87. The van der Waals surface area contributed by atoms with Crippen molar-refractivity contribution in [2.45, 2.75) is 31.7 Å². The van der Waals surface area contributed by atoms with Crippen LogP contribution in [0.4, 0.5) is 4.79 Å². The zero-order valence-electron chi connectivity index (χ0n) is 18.3. The number of amides is 3. The van der Waals surface area contributed by atoms with Crippen molar-refractivity contribution in [3.05, 3.63) is 59.7 Å². The highest BCUT2D eigenvalue weighted by molar-refractivity contribution is 5.87. The minimum Gasteiger partial charge on any atom is -0.480 e. The molecule has 2 aromatic rings. The summed E-state index contributed by atoms with van der Waals surface area (Å²) < 4.78 is 5.35. The largest absolute Gasteiger partial charge is 0.480 e. The third kappa shape index (κ3) is 6.09. The Kier molecular flexibility index (Phi) is 8.01. The van der Waals surface area contributed by atoms with Crippen molar-refractivity contribution < 1.29 is 29.0 Å². The van der Waals surface area contributed by atoms with Gasteiger partial charge in [0.05, 0.1) is 0 Å². The van der Waals surface area contributed by atoms with E-state index in [4.69, 9.17) is 4.74 Å². The van der Waals surface area contributed by atoms with Crippen LogP contribution in [0.15, 0.2) is 48.5 Å². The van der Waals surface area contributed by atoms with E-state index < -0.39 is 30.6 Å². The van der Waals surface area contributed by atoms with Crippen LogP contribution in [0.5, 0.6) is 0 Å². The predicted octanol–water partition coefficient (Wildman–Crippen LogP) is 2.01. The van der Waals surface area contributed by atoms with E-state index in [2.05, 4.69) is 16.0 Å². The summed E-state index contributed by atoms with van der Waals surface area (Å²) in [6, 6.07) is 14.6. The summed E-state index contributed by atoms with van der Waals surface area (Å²) in [5, 5.41) is 16.5. The number of benzene rings is 2. The third-order valence-corrected chi connectivity index (χ3v) is 5.40. The molecule has 0 saturated heterocycles. The maximum Gasteiger partial charge on any atom is 0.407 e. The van der Waals surface area contributed by atoms with E-state index in [0.29, 0.717) is 6.54 Å². The molecule has 1 atom stereocenters. The van der Waals surface area contributed by atoms with Gasteiger partial charge in [0.25, 0.3) is 0 Å². The lowest BCUT2D eigenvalue weighted by Gasteiger charge is -2.16. The Labute approximate surface area is 191 Å². The van der Waals surface area contributed by atoms with Crippen LogP contribution in [0, 0.1) is 0 Å². The van der Waals surface area contributed by atoms with Gasteiger partial charge in [0.15, 0.2) is 0 Å². The number of hydrogen-bond acceptors (Lipinski definition) is 5. The number of fused-ring (bicyclic) bond motifs is 3. The van der Waals surface area contributed by atoms with Crippen LogP contribution in [0.1, 0.15) is 36.8 Å². The number of nitrogens with one attached hydrogen (secondary N) is 3. The molecule has 0 bridgehead atoms. The molecule has 0 spiro atoms. The van der Waals surface area contributed by atoms with Crippen molar-refractivity contribution in [2.75, 3.05) is 19.7 Å². The maximum absolute atomic E-state index is 12.2. The van der Waals surface area contributed by atoms with Gasteiger partial charge in [-0.25, -0.2) is 9.59 Å². The summed E-state index contributed by atoms with van der Waals surface area (Å²) in [6.07, 6.45) is -0.871. The minimum atomic E-state index is -1.26. The van der Waals surface area contributed by atoms with Crippen molar-refractivity contribution in [3.63, 3.8) is 0 Å². The van der Waals surface area contributed by atoms with Crippen LogP contribution >= 0.6 is 0 Å². The molecule has 1 aliphatic carbocycles. The summed E-state index contributed by atoms with van der Waals surface area (Å²) in [7, 11) is 0. The smallest absolute Gasteiger partial charge is 0.407 e. The van der Waals surface area contributed by atoms with Gasteiger partial charge in [0.2, 0.25) is 11.8 Å².